The maximum Gasteiger partial charge on any atom is 0.118 e. The SMILES string of the molecule is CCSCCC(C)NCc1ccc(CSC)o1. The highest BCUT2D eigenvalue weighted by Crippen LogP contribution is 2.13. The van der Waals surface area contributed by atoms with Crippen molar-refractivity contribution >= 4 is 23.5 Å². The van der Waals surface area contributed by atoms with Crippen molar-refractivity contribution < 1.29 is 4.42 Å². The molecule has 0 bridgehead atoms. The van der Waals surface area contributed by atoms with Gasteiger partial charge in [0.1, 0.15) is 11.5 Å². The second kappa shape index (κ2) is 8.95. The van der Waals surface area contributed by atoms with Gasteiger partial charge in [0.15, 0.2) is 0 Å². The van der Waals surface area contributed by atoms with Crippen LogP contribution in [-0.2, 0) is 12.3 Å². The number of thioether (sulfide) groups is 2. The highest BCUT2D eigenvalue weighted by atomic mass is 32.2. The predicted molar refractivity (Wildman–Crippen MR) is 79.8 cm³/mol. The molecule has 0 saturated heterocycles. The van der Waals surface area contributed by atoms with Crippen molar-refractivity contribution in [1.29, 1.82) is 0 Å². The van der Waals surface area contributed by atoms with Crippen molar-refractivity contribution in [2.24, 2.45) is 0 Å². The molecule has 17 heavy (non-hydrogen) atoms. The van der Waals surface area contributed by atoms with E-state index in [9.17, 15) is 0 Å². The predicted octanol–water partition coefficient (Wildman–Crippen LogP) is 3.76. The smallest absolute Gasteiger partial charge is 0.118 e. The van der Waals surface area contributed by atoms with E-state index in [-0.39, 0.29) is 0 Å². The van der Waals surface area contributed by atoms with Gasteiger partial charge in [-0.3, -0.25) is 0 Å². The van der Waals surface area contributed by atoms with E-state index in [2.05, 4.69) is 37.6 Å². The molecule has 1 heterocycles. The van der Waals surface area contributed by atoms with Crippen LogP contribution >= 0.6 is 23.5 Å². The van der Waals surface area contributed by atoms with Crippen LogP contribution in [0.25, 0.3) is 0 Å². The average molecular weight is 273 g/mol. The lowest BCUT2D eigenvalue weighted by molar-refractivity contribution is 0.435. The van der Waals surface area contributed by atoms with Crippen LogP contribution in [0.5, 0.6) is 0 Å². The molecule has 2 nitrogen and oxygen atoms in total. The molecule has 1 N–H and O–H groups in total. The van der Waals surface area contributed by atoms with E-state index in [0.29, 0.717) is 6.04 Å². The van der Waals surface area contributed by atoms with Gasteiger partial charge in [-0.1, -0.05) is 6.92 Å². The maximum atomic E-state index is 5.71. The number of furan rings is 1. The molecule has 1 atom stereocenters. The molecular formula is C13H23NOS2. The molecule has 98 valence electrons. The van der Waals surface area contributed by atoms with Gasteiger partial charge in [-0.25, -0.2) is 0 Å². The summed E-state index contributed by atoms with van der Waals surface area (Å²) in [7, 11) is 0. The summed E-state index contributed by atoms with van der Waals surface area (Å²) in [5.74, 6) is 5.53. The van der Waals surface area contributed by atoms with Crippen LogP contribution in [0.3, 0.4) is 0 Å². The molecule has 0 aromatic carbocycles. The zero-order valence-corrected chi connectivity index (χ0v) is 12.6. The second-order valence-electron chi connectivity index (χ2n) is 4.07. The highest BCUT2D eigenvalue weighted by molar-refractivity contribution is 7.99. The van der Waals surface area contributed by atoms with Gasteiger partial charge in [-0.15, -0.1) is 0 Å². The zero-order chi connectivity index (χ0) is 12.5. The fourth-order valence-electron chi connectivity index (χ4n) is 1.52. The molecule has 0 saturated carbocycles. The Morgan fingerprint density at radius 3 is 2.82 bits per heavy atom. The Labute approximate surface area is 113 Å². The Hall–Kier alpha value is -0.0600. The minimum atomic E-state index is 0.558. The summed E-state index contributed by atoms with van der Waals surface area (Å²) in [5, 5.41) is 3.50. The minimum Gasteiger partial charge on any atom is -0.464 e. The van der Waals surface area contributed by atoms with E-state index >= 15 is 0 Å². The van der Waals surface area contributed by atoms with Gasteiger partial charge in [0.05, 0.1) is 12.3 Å². The Bertz CT molecular complexity index is 301. The van der Waals surface area contributed by atoms with E-state index in [1.807, 2.05) is 11.8 Å². The molecule has 0 spiro atoms. The summed E-state index contributed by atoms with van der Waals surface area (Å²) in [6, 6.07) is 4.71. The lowest BCUT2D eigenvalue weighted by atomic mass is 10.2. The van der Waals surface area contributed by atoms with Crippen molar-refractivity contribution in [2.75, 3.05) is 17.8 Å². The zero-order valence-electron chi connectivity index (χ0n) is 11.0. The van der Waals surface area contributed by atoms with Gasteiger partial charge >= 0.3 is 0 Å². The summed E-state index contributed by atoms with van der Waals surface area (Å²) in [4.78, 5) is 0. The lowest BCUT2D eigenvalue weighted by Gasteiger charge is -2.11. The van der Waals surface area contributed by atoms with Crippen molar-refractivity contribution in [2.45, 2.75) is 38.6 Å². The quantitative estimate of drug-likeness (QED) is 0.693. The van der Waals surface area contributed by atoms with Gasteiger partial charge in [-0.2, -0.15) is 23.5 Å². The Balaban J connectivity index is 2.19. The first kappa shape index (κ1) is 15.0. The first-order valence-corrected chi connectivity index (χ1v) is 8.68. The van der Waals surface area contributed by atoms with Crippen LogP contribution in [0.4, 0.5) is 0 Å². The van der Waals surface area contributed by atoms with Crippen molar-refractivity contribution in [3.63, 3.8) is 0 Å². The first-order chi connectivity index (χ1) is 8.26. The average Bonchev–Trinajstić information content (AvgIpc) is 2.75. The van der Waals surface area contributed by atoms with Gasteiger partial charge in [0, 0.05) is 6.04 Å². The Kier molecular flexibility index (Phi) is 7.90. The van der Waals surface area contributed by atoms with Gasteiger partial charge < -0.3 is 9.73 Å². The molecule has 0 amide bonds. The van der Waals surface area contributed by atoms with E-state index in [0.717, 1.165) is 23.8 Å². The molecule has 1 unspecified atom stereocenters. The molecule has 0 fully saturated rings. The van der Waals surface area contributed by atoms with Crippen LogP contribution in [0, 0.1) is 0 Å². The molecular weight excluding hydrogens is 250 g/mol. The molecule has 0 aliphatic rings. The fraction of sp³-hybridized carbons (Fsp3) is 0.692. The highest BCUT2D eigenvalue weighted by Gasteiger charge is 2.04. The van der Waals surface area contributed by atoms with E-state index in [1.165, 1.54) is 17.9 Å². The summed E-state index contributed by atoms with van der Waals surface area (Å²) < 4.78 is 5.71. The first-order valence-electron chi connectivity index (χ1n) is 6.14. The third-order valence-electron chi connectivity index (χ3n) is 2.53. The molecule has 1 aromatic heterocycles. The van der Waals surface area contributed by atoms with Crippen LogP contribution in [-0.4, -0.2) is 23.8 Å². The van der Waals surface area contributed by atoms with Gasteiger partial charge in [-0.05, 0) is 43.2 Å². The van der Waals surface area contributed by atoms with Gasteiger partial charge in [0.25, 0.3) is 0 Å². The molecule has 0 aliphatic heterocycles. The maximum absolute atomic E-state index is 5.71. The number of nitrogens with one attached hydrogen (secondary N) is 1. The normalized spacial score (nSPS) is 12.9. The standard InChI is InChI=1S/C13H23NOS2/c1-4-17-8-7-11(2)14-9-12-5-6-13(15-12)10-16-3/h5-6,11,14H,4,7-10H2,1-3H3. The number of rotatable bonds is 9. The Morgan fingerprint density at radius 2 is 2.12 bits per heavy atom. The topological polar surface area (TPSA) is 25.2 Å². The number of hydrogen-bond donors (Lipinski definition) is 1. The molecule has 4 heteroatoms. The van der Waals surface area contributed by atoms with Crippen LogP contribution in [0.2, 0.25) is 0 Å². The molecule has 0 radical (unpaired) electrons. The molecule has 0 aliphatic carbocycles. The third kappa shape index (κ3) is 6.43. The largest absolute Gasteiger partial charge is 0.464 e. The summed E-state index contributed by atoms with van der Waals surface area (Å²) in [6.45, 7) is 5.28. The summed E-state index contributed by atoms with van der Waals surface area (Å²) >= 11 is 3.79. The van der Waals surface area contributed by atoms with Crippen molar-refractivity contribution in [1.82, 2.24) is 5.32 Å². The van der Waals surface area contributed by atoms with Crippen molar-refractivity contribution in [3.05, 3.63) is 23.7 Å². The van der Waals surface area contributed by atoms with E-state index < -0.39 is 0 Å². The lowest BCUT2D eigenvalue weighted by Crippen LogP contribution is -2.25. The summed E-state index contributed by atoms with van der Waals surface area (Å²) in [6.07, 6.45) is 3.31. The monoisotopic (exact) mass is 273 g/mol. The number of hydrogen-bond acceptors (Lipinski definition) is 4. The van der Waals surface area contributed by atoms with Crippen LogP contribution in [0.1, 0.15) is 31.8 Å². The van der Waals surface area contributed by atoms with Gasteiger partial charge in [0.2, 0.25) is 0 Å². The second-order valence-corrected chi connectivity index (χ2v) is 6.33. The van der Waals surface area contributed by atoms with E-state index in [1.54, 1.807) is 11.8 Å². The molecule has 1 aromatic rings. The molecule has 1 rings (SSSR count). The van der Waals surface area contributed by atoms with E-state index in [4.69, 9.17) is 4.42 Å². The third-order valence-corrected chi connectivity index (χ3v) is 4.03. The van der Waals surface area contributed by atoms with Crippen molar-refractivity contribution in [3.8, 4) is 0 Å². The van der Waals surface area contributed by atoms with Crippen LogP contribution in [0.15, 0.2) is 16.5 Å². The summed E-state index contributed by atoms with van der Waals surface area (Å²) in [5.41, 5.74) is 0. The van der Waals surface area contributed by atoms with Crippen LogP contribution < -0.4 is 5.32 Å². The minimum absolute atomic E-state index is 0.558. The Morgan fingerprint density at radius 1 is 1.35 bits per heavy atom. The fourth-order valence-corrected chi connectivity index (χ4v) is 2.77.